The molecule has 0 aliphatic rings. The lowest BCUT2D eigenvalue weighted by molar-refractivity contribution is 1.63. The number of fused-ring (bicyclic) bond motifs is 11. The maximum Gasteiger partial charge on any atom is 0.0434 e. The lowest BCUT2D eigenvalue weighted by Crippen LogP contribution is -1.90. The predicted molar refractivity (Wildman–Crippen MR) is 206 cm³/mol. The summed E-state index contributed by atoms with van der Waals surface area (Å²) < 4.78 is 2.72. The van der Waals surface area contributed by atoms with E-state index in [1.165, 1.54) is 107 Å². The lowest BCUT2D eigenvalue weighted by atomic mass is 9.85. The maximum atomic E-state index is 2.42. The van der Waals surface area contributed by atoms with Gasteiger partial charge in [-0.25, -0.2) is 0 Å². The molecule has 47 heavy (non-hydrogen) atoms. The van der Waals surface area contributed by atoms with Gasteiger partial charge in [0.15, 0.2) is 0 Å². The fourth-order valence-electron chi connectivity index (χ4n) is 8.30. The van der Waals surface area contributed by atoms with Crippen molar-refractivity contribution in [2.75, 3.05) is 0 Å². The highest BCUT2D eigenvalue weighted by atomic mass is 32.1. The molecular formula is C46H26S. The third-order valence-electron chi connectivity index (χ3n) is 10.4. The average Bonchev–Trinajstić information content (AvgIpc) is 3.54. The van der Waals surface area contributed by atoms with Crippen LogP contribution in [0.4, 0.5) is 0 Å². The van der Waals surface area contributed by atoms with Crippen molar-refractivity contribution in [3.05, 3.63) is 158 Å². The molecule has 1 heteroatoms. The Labute approximate surface area is 275 Å². The molecule has 0 atom stereocenters. The molecule has 0 N–H and O–H groups in total. The highest BCUT2D eigenvalue weighted by Gasteiger charge is 2.18. The van der Waals surface area contributed by atoms with E-state index in [9.17, 15) is 0 Å². The van der Waals surface area contributed by atoms with Crippen LogP contribution in [0.1, 0.15) is 0 Å². The summed E-state index contributed by atoms with van der Waals surface area (Å²) in [6, 6.07) is 58.8. The fourth-order valence-corrected chi connectivity index (χ4v) is 9.67. The van der Waals surface area contributed by atoms with Crippen LogP contribution in [-0.2, 0) is 0 Å². The van der Waals surface area contributed by atoms with Crippen molar-refractivity contribution >= 4 is 96.1 Å². The van der Waals surface area contributed by atoms with E-state index in [-0.39, 0.29) is 0 Å². The third kappa shape index (κ3) is 3.47. The van der Waals surface area contributed by atoms with E-state index >= 15 is 0 Å². The van der Waals surface area contributed by atoms with Crippen LogP contribution in [-0.4, -0.2) is 0 Å². The molecule has 0 spiro atoms. The lowest BCUT2D eigenvalue weighted by Gasteiger charge is -2.18. The van der Waals surface area contributed by atoms with Crippen molar-refractivity contribution in [1.82, 2.24) is 0 Å². The van der Waals surface area contributed by atoms with Gasteiger partial charge in [-0.1, -0.05) is 146 Å². The second kappa shape index (κ2) is 9.39. The van der Waals surface area contributed by atoms with Crippen molar-refractivity contribution in [2.45, 2.75) is 0 Å². The minimum atomic E-state index is 1.24. The van der Waals surface area contributed by atoms with Crippen LogP contribution in [0.5, 0.6) is 0 Å². The smallest absolute Gasteiger partial charge is 0.0434 e. The molecule has 0 nitrogen and oxygen atoms in total. The van der Waals surface area contributed by atoms with Gasteiger partial charge in [0.05, 0.1) is 0 Å². The fraction of sp³-hybridized carbons (Fsp3) is 0. The van der Waals surface area contributed by atoms with Crippen LogP contribution >= 0.6 is 11.3 Å². The van der Waals surface area contributed by atoms with Gasteiger partial charge in [0.25, 0.3) is 0 Å². The zero-order valence-corrected chi connectivity index (χ0v) is 26.2. The van der Waals surface area contributed by atoms with Crippen molar-refractivity contribution < 1.29 is 0 Å². The first-order valence-corrected chi connectivity index (χ1v) is 17.1. The second-order valence-corrected chi connectivity index (χ2v) is 13.8. The van der Waals surface area contributed by atoms with Gasteiger partial charge in [-0.15, -0.1) is 11.3 Å². The van der Waals surface area contributed by atoms with Gasteiger partial charge in [0, 0.05) is 20.2 Å². The van der Waals surface area contributed by atoms with Crippen LogP contribution < -0.4 is 0 Å². The molecule has 11 aromatic rings. The van der Waals surface area contributed by atoms with Gasteiger partial charge in [-0.3, -0.25) is 0 Å². The van der Waals surface area contributed by atoms with E-state index in [4.69, 9.17) is 0 Å². The Bertz CT molecular complexity index is 3070. The summed E-state index contributed by atoms with van der Waals surface area (Å²) in [5.74, 6) is 0. The molecule has 1 aromatic heterocycles. The number of rotatable bonds is 2. The SMILES string of the molecule is c1cc(-c2ccc3c(c2)c2cccc4c5ccccc5c5cccc3c5c42)cc(-c2cccc3c2sc2c4ccccc4ccc32)c1. The molecule has 1 heterocycles. The summed E-state index contributed by atoms with van der Waals surface area (Å²) in [6.07, 6.45) is 0. The first-order valence-electron chi connectivity index (χ1n) is 16.3. The summed E-state index contributed by atoms with van der Waals surface area (Å²) in [6.45, 7) is 0. The molecule has 0 bridgehead atoms. The maximum absolute atomic E-state index is 2.42. The molecule has 0 saturated carbocycles. The zero-order valence-electron chi connectivity index (χ0n) is 25.4. The van der Waals surface area contributed by atoms with E-state index in [1.54, 1.807) is 0 Å². The van der Waals surface area contributed by atoms with Gasteiger partial charge >= 0.3 is 0 Å². The highest BCUT2D eigenvalue weighted by molar-refractivity contribution is 7.27. The number of thiophene rings is 1. The topological polar surface area (TPSA) is 0 Å². The molecule has 216 valence electrons. The van der Waals surface area contributed by atoms with Gasteiger partial charge in [-0.05, 0) is 99.0 Å². The van der Waals surface area contributed by atoms with E-state index in [1.807, 2.05) is 11.3 Å². The second-order valence-electron chi connectivity index (χ2n) is 12.8. The molecule has 0 saturated heterocycles. The number of benzene rings is 10. The van der Waals surface area contributed by atoms with Gasteiger partial charge in [0.1, 0.15) is 0 Å². The summed E-state index contributed by atoms with van der Waals surface area (Å²) in [7, 11) is 0. The summed E-state index contributed by atoms with van der Waals surface area (Å²) in [4.78, 5) is 0. The van der Waals surface area contributed by atoms with E-state index in [2.05, 4.69) is 158 Å². The summed E-state index contributed by atoms with van der Waals surface area (Å²) >= 11 is 1.92. The third-order valence-corrected chi connectivity index (χ3v) is 11.7. The molecule has 11 rings (SSSR count). The molecule has 0 fully saturated rings. The van der Waals surface area contributed by atoms with Gasteiger partial charge in [0.2, 0.25) is 0 Å². The molecular weight excluding hydrogens is 585 g/mol. The Balaban J connectivity index is 1.14. The minimum absolute atomic E-state index is 1.24. The van der Waals surface area contributed by atoms with Crippen LogP contribution in [0, 0.1) is 0 Å². The Morgan fingerprint density at radius 2 is 0.787 bits per heavy atom. The van der Waals surface area contributed by atoms with Crippen LogP contribution in [0.3, 0.4) is 0 Å². The predicted octanol–water partition coefficient (Wildman–Crippen LogP) is 13.7. The average molecular weight is 611 g/mol. The van der Waals surface area contributed by atoms with Crippen LogP contribution in [0.25, 0.3) is 107 Å². The molecule has 0 unspecified atom stereocenters. The first kappa shape index (κ1) is 25.4. The minimum Gasteiger partial charge on any atom is -0.134 e. The molecule has 0 aliphatic carbocycles. The standard InChI is InChI=1S/C46H26S/c1-2-12-31-27(9-1)21-24-41-40-20-6-15-32(46(40)47-45(31)41)30-11-5-10-28(25-30)29-22-23-35-38-18-7-16-36-33-13-3-4-14-34(33)37-17-8-19-39(42(35)26-29)44(37)43(36)38/h1-26H. The Morgan fingerprint density at radius 3 is 1.55 bits per heavy atom. The van der Waals surface area contributed by atoms with Crippen molar-refractivity contribution in [2.24, 2.45) is 0 Å². The van der Waals surface area contributed by atoms with E-state index in [0.717, 1.165) is 0 Å². The Hall–Kier alpha value is -5.76. The zero-order chi connectivity index (χ0) is 30.6. The summed E-state index contributed by atoms with van der Waals surface area (Å²) in [5, 5.41) is 18.7. The first-order chi connectivity index (χ1) is 23.3. The van der Waals surface area contributed by atoms with Crippen molar-refractivity contribution in [3.63, 3.8) is 0 Å². The van der Waals surface area contributed by atoms with Crippen molar-refractivity contribution in [1.29, 1.82) is 0 Å². The Kier molecular flexibility index (Phi) is 5.08. The normalized spacial score (nSPS) is 12.3. The summed E-state index contributed by atoms with van der Waals surface area (Å²) in [5.41, 5.74) is 5.03. The number of hydrogen-bond acceptors (Lipinski definition) is 1. The van der Waals surface area contributed by atoms with Gasteiger partial charge in [-0.2, -0.15) is 0 Å². The highest BCUT2D eigenvalue weighted by Crippen LogP contribution is 2.46. The van der Waals surface area contributed by atoms with Crippen LogP contribution in [0.2, 0.25) is 0 Å². The quantitative estimate of drug-likeness (QED) is 0.135. The number of hydrogen-bond donors (Lipinski definition) is 0. The van der Waals surface area contributed by atoms with E-state index < -0.39 is 0 Å². The van der Waals surface area contributed by atoms with Gasteiger partial charge < -0.3 is 0 Å². The monoisotopic (exact) mass is 610 g/mol. The molecule has 10 aromatic carbocycles. The Morgan fingerprint density at radius 1 is 0.277 bits per heavy atom. The van der Waals surface area contributed by atoms with Crippen LogP contribution in [0.15, 0.2) is 158 Å². The van der Waals surface area contributed by atoms with E-state index in [0.29, 0.717) is 0 Å². The molecule has 0 radical (unpaired) electrons. The largest absolute Gasteiger partial charge is 0.134 e. The molecule has 0 aliphatic heterocycles. The van der Waals surface area contributed by atoms with Crippen molar-refractivity contribution in [3.8, 4) is 22.3 Å². The molecule has 0 amide bonds.